The SMILES string of the molecule is C=CCNCCCCC[C@H]1CC[C@H](N(C)C(=O)Oc2ccc(C(F)(F)F)cc2)CC1. The first-order valence-corrected chi connectivity index (χ1v) is 10.7. The van der Waals surface area contributed by atoms with Crippen LogP contribution in [0.15, 0.2) is 36.9 Å². The van der Waals surface area contributed by atoms with Crippen molar-refractivity contribution in [3.8, 4) is 5.75 Å². The summed E-state index contributed by atoms with van der Waals surface area (Å²) in [6, 6.07) is 4.31. The van der Waals surface area contributed by atoms with Crippen LogP contribution in [0.3, 0.4) is 0 Å². The maximum absolute atomic E-state index is 12.6. The van der Waals surface area contributed by atoms with E-state index in [0.717, 1.165) is 50.9 Å². The van der Waals surface area contributed by atoms with Gasteiger partial charge in [0.25, 0.3) is 0 Å². The lowest BCUT2D eigenvalue weighted by Crippen LogP contribution is -2.41. The van der Waals surface area contributed by atoms with E-state index >= 15 is 0 Å². The summed E-state index contributed by atoms with van der Waals surface area (Å²) in [4.78, 5) is 13.9. The zero-order valence-corrected chi connectivity index (χ0v) is 17.7. The fourth-order valence-corrected chi connectivity index (χ4v) is 3.92. The Morgan fingerprint density at radius 3 is 2.43 bits per heavy atom. The number of carbonyl (C=O) groups is 1. The van der Waals surface area contributed by atoms with E-state index in [0.29, 0.717) is 5.92 Å². The molecule has 0 heterocycles. The number of rotatable bonds is 10. The molecular formula is C23H33F3N2O2. The molecule has 1 aromatic carbocycles. The van der Waals surface area contributed by atoms with E-state index in [1.165, 1.54) is 37.8 Å². The van der Waals surface area contributed by atoms with E-state index in [-0.39, 0.29) is 11.8 Å². The molecule has 0 aliphatic heterocycles. The number of halogens is 3. The Morgan fingerprint density at radius 2 is 1.83 bits per heavy atom. The highest BCUT2D eigenvalue weighted by atomic mass is 19.4. The summed E-state index contributed by atoms with van der Waals surface area (Å²) in [6.07, 6.45) is 5.87. The molecular weight excluding hydrogens is 393 g/mol. The van der Waals surface area contributed by atoms with Crippen LogP contribution >= 0.6 is 0 Å². The topological polar surface area (TPSA) is 41.6 Å². The number of hydrogen-bond donors (Lipinski definition) is 1. The summed E-state index contributed by atoms with van der Waals surface area (Å²) in [6.45, 7) is 5.58. The van der Waals surface area contributed by atoms with Gasteiger partial charge in [0.1, 0.15) is 5.75 Å². The third-order valence-electron chi connectivity index (χ3n) is 5.79. The summed E-state index contributed by atoms with van der Waals surface area (Å²) in [5.74, 6) is 0.831. The van der Waals surface area contributed by atoms with E-state index in [1.54, 1.807) is 11.9 Å². The Bertz CT molecular complexity index is 653. The van der Waals surface area contributed by atoms with E-state index < -0.39 is 17.8 Å². The Hall–Kier alpha value is -2.02. The number of ether oxygens (including phenoxy) is 1. The number of nitrogens with one attached hydrogen (secondary N) is 1. The molecule has 0 atom stereocenters. The third-order valence-corrected chi connectivity index (χ3v) is 5.79. The molecule has 0 unspecified atom stereocenters. The molecule has 2 rings (SSSR count). The van der Waals surface area contributed by atoms with Crippen molar-refractivity contribution in [2.75, 3.05) is 20.1 Å². The lowest BCUT2D eigenvalue weighted by atomic mass is 9.82. The van der Waals surface area contributed by atoms with Crippen LogP contribution < -0.4 is 10.1 Å². The van der Waals surface area contributed by atoms with Crippen LogP contribution in [-0.2, 0) is 6.18 Å². The summed E-state index contributed by atoms with van der Waals surface area (Å²) < 4.78 is 43.1. The molecule has 1 N–H and O–H groups in total. The quantitative estimate of drug-likeness (QED) is 0.367. The number of alkyl halides is 3. The van der Waals surface area contributed by atoms with Crippen molar-refractivity contribution in [3.05, 3.63) is 42.5 Å². The van der Waals surface area contributed by atoms with Gasteiger partial charge in [-0.05, 0) is 68.8 Å². The molecule has 0 radical (unpaired) electrons. The largest absolute Gasteiger partial charge is 0.416 e. The molecule has 0 spiro atoms. The summed E-state index contributed by atoms with van der Waals surface area (Å²) in [7, 11) is 1.70. The molecule has 1 amide bonds. The molecule has 0 aromatic heterocycles. The molecule has 30 heavy (non-hydrogen) atoms. The summed E-state index contributed by atoms with van der Waals surface area (Å²) in [5.41, 5.74) is -0.762. The predicted octanol–water partition coefficient (Wildman–Crippen LogP) is 6.03. The summed E-state index contributed by atoms with van der Waals surface area (Å²) >= 11 is 0. The molecule has 1 aliphatic carbocycles. The first-order chi connectivity index (χ1) is 14.3. The van der Waals surface area contributed by atoms with E-state index in [2.05, 4.69) is 11.9 Å². The van der Waals surface area contributed by atoms with Crippen molar-refractivity contribution < 1.29 is 22.7 Å². The molecule has 1 fully saturated rings. The highest BCUT2D eigenvalue weighted by Gasteiger charge is 2.31. The second-order valence-electron chi connectivity index (χ2n) is 8.02. The van der Waals surface area contributed by atoms with E-state index in [4.69, 9.17) is 4.74 Å². The molecule has 1 saturated carbocycles. The average molecular weight is 427 g/mol. The van der Waals surface area contributed by atoms with Gasteiger partial charge < -0.3 is 15.0 Å². The molecule has 1 aliphatic rings. The van der Waals surface area contributed by atoms with Crippen LogP contribution in [-0.4, -0.2) is 37.2 Å². The van der Waals surface area contributed by atoms with Crippen LogP contribution in [0, 0.1) is 5.92 Å². The maximum Gasteiger partial charge on any atom is 0.416 e. The van der Waals surface area contributed by atoms with E-state index in [9.17, 15) is 18.0 Å². The van der Waals surface area contributed by atoms with Gasteiger partial charge in [-0.3, -0.25) is 0 Å². The van der Waals surface area contributed by atoms with Crippen molar-refractivity contribution in [1.29, 1.82) is 0 Å². The first-order valence-electron chi connectivity index (χ1n) is 10.7. The molecule has 168 valence electrons. The third kappa shape index (κ3) is 8.01. The number of carbonyl (C=O) groups excluding carboxylic acids is 1. The number of amides is 1. The predicted molar refractivity (Wildman–Crippen MR) is 113 cm³/mol. The minimum absolute atomic E-state index is 0.117. The van der Waals surface area contributed by atoms with Crippen LogP contribution in [0.5, 0.6) is 5.75 Å². The van der Waals surface area contributed by atoms with Gasteiger partial charge in [-0.2, -0.15) is 13.2 Å². The first kappa shape index (κ1) is 24.3. The normalized spacial score (nSPS) is 19.3. The lowest BCUT2D eigenvalue weighted by molar-refractivity contribution is -0.137. The number of benzene rings is 1. The van der Waals surface area contributed by atoms with Gasteiger partial charge in [0.2, 0.25) is 0 Å². The van der Waals surface area contributed by atoms with Crippen molar-refractivity contribution >= 4 is 6.09 Å². The minimum Gasteiger partial charge on any atom is -0.410 e. The van der Waals surface area contributed by atoms with Gasteiger partial charge in [-0.1, -0.05) is 25.3 Å². The molecule has 0 saturated heterocycles. The average Bonchev–Trinajstić information content (AvgIpc) is 2.73. The van der Waals surface area contributed by atoms with Gasteiger partial charge >= 0.3 is 12.3 Å². The van der Waals surface area contributed by atoms with Crippen LogP contribution in [0.2, 0.25) is 0 Å². The van der Waals surface area contributed by atoms with Gasteiger partial charge in [-0.25, -0.2) is 4.79 Å². The molecule has 1 aromatic rings. The van der Waals surface area contributed by atoms with Crippen molar-refractivity contribution in [2.45, 2.75) is 63.6 Å². The maximum atomic E-state index is 12.6. The standard InChI is InChI=1S/C23H33F3N2O2/c1-3-16-27-17-6-4-5-7-18-8-12-20(13-9-18)28(2)22(29)30-21-14-10-19(11-15-21)23(24,25)26/h3,10-11,14-15,18,20,27H,1,4-9,12-13,16-17H2,2H3/t18-,20-. The second-order valence-corrected chi connectivity index (χ2v) is 8.02. The highest BCUT2D eigenvalue weighted by Crippen LogP contribution is 2.32. The van der Waals surface area contributed by atoms with Crippen molar-refractivity contribution in [1.82, 2.24) is 10.2 Å². The van der Waals surface area contributed by atoms with Gasteiger partial charge in [0, 0.05) is 19.6 Å². The minimum atomic E-state index is -4.40. The molecule has 4 nitrogen and oxygen atoms in total. The smallest absolute Gasteiger partial charge is 0.410 e. The van der Waals surface area contributed by atoms with Crippen LogP contribution in [0.25, 0.3) is 0 Å². The molecule has 0 bridgehead atoms. The monoisotopic (exact) mass is 426 g/mol. The Balaban J connectivity index is 1.67. The number of unbranched alkanes of at least 4 members (excludes halogenated alkanes) is 2. The van der Waals surface area contributed by atoms with Gasteiger partial charge in [0.05, 0.1) is 5.56 Å². The fraction of sp³-hybridized carbons (Fsp3) is 0.609. The number of nitrogens with zero attached hydrogens (tertiary/aromatic N) is 1. The highest BCUT2D eigenvalue weighted by molar-refractivity contribution is 5.70. The van der Waals surface area contributed by atoms with Gasteiger partial charge in [-0.15, -0.1) is 6.58 Å². The Kier molecular flexibility index (Phi) is 9.69. The zero-order valence-electron chi connectivity index (χ0n) is 17.7. The van der Waals surface area contributed by atoms with Crippen molar-refractivity contribution in [2.24, 2.45) is 5.92 Å². The van der Waals surface area contributed by atoms with Gasteiger partial charge in [0.15, 0.2) is 0 Å². The Morgan fingerprint density at radius 1 is 1.17 bits per heavy atom. The number of hydrogen-bond acceptors (Lipinski definition) is 3. The van der Waals surface area contributed by atoms with Crippen LogP contribution in [0.4, 0.5) is 18.0 Å². The molecule has 7 heteroatoms. The second kappa shape index (κ2) is 12.0. The fourth-order valence-electron chi connectivity index (χ4n) is 3.92. The Labute approximate surface area is 177 Å². The van der Waals surface area contributed by atoms with Crippen LogP contribution in [0.1, 0.15) is 56.9 Å². The van der Waals surface area contributed by atoms with E-state index in [1.807, 2.05) is 6.08 Å². The lowest BCUT2D eigenvalue weighted by Gasteiger charge is -2.34. The zero-order chi connectivity index (χ0) is 22.0. The summed E-state index contributed by atoms with van der Waals surface area (Å²) in [5, 5.41) is 3.31. The van der Waals surface area contributed by atoms with Crippen molar-refractivity contribution in [3.63, 3.8) is 0 Å².